The Labute approximate surface area is 96.1 Å². The molecule has 2 nitrogen and oxygen atoms in total. The Kier molecular flexibility index (Phi) is 4.32. The van der Waals surface area contributed by atoms with Crippen LogP contribution in [-0.2, 0) is 0 Å². The Hall–Kier alpha value is -0.380. The zero-order valence-corrected chi connectivity index (χ0v) is 10.8. The van der Waals surface area contributed by atoms with Gasteiger partial charge in [-0.3, -0.25) is 0 Å². The standard InChI is InChI=1S/C12H21NOS/c1-7(2)10(6-13)12(14)11-5-8(3)9(4)15-11/h5,7,10,12,14H,6,13H2,1-4H3. The Bertz CT molecular complexity index is 300. The Morgan fingerprint density at radius 2 is 2.00 bits per heavy atom. The van der Waals surface area contributed by atoms with Crippen molar-refractivity contribution in [2.24, 2.45) is 17.6 Å². The second-order valence-electron chi connectivity index (χ2n) is 4.48. The summed E-state index contributed by atoms with van der Waals surface area (Å²) in [5.41, 5.74) is 6.96. The molecular formula is C12H21NOS. The number of hydrogen-bond donors (Lipinski definition) is 2. The number of thiophene rings is 1. The van der Waals surface area contributed by atoms with Gasteiger partial charge in [-0.1, -0.05) is 13.8 Å². The highest BCUT2D eigenvalue weighted by molar-refractivity contribution is 7.12. The minimum Gasteiger partial charge on any atom is -0.387 e. The molecule has 15 heavy (non-hydrogen) atoms. The molecule has 0 saturated heterocycles. The van der Waals surface area contributed by atoms with Gasteiger partial charge in [0.2, 0.25) is 0 Å². The SMILES string of the molecule is Cc1cc(C(O)C(CN)C(C)C)sc1C. The molecule has 0 amide bonds. The average Bonchev–Trinajstić information content (AvgIpc) is 2.47. The van der Waals surface area contributed by atoms with Crippen LogP contribution in [0.4, 0.5) is 0 Å². The van der Waals surface area contributed by atoms with Crippen LogP contribution in [0.15, 0.2) is 6.07 Å². The molecule has 0 bridgehead atoms. The lowest BCUT2D eigenvalue weighted by molar-refractivity contribution is 0.0892. The summed E-state index contributed by atoms with van der Waals surface area (Å²) < 4.78 is 0. The van der Waals surface area contributed by atoms with Crippen LogP contribution in [0.2, 0.25) is 0 Å². The molecule has 86 valence electrons. The molecule has 0 saturated carbocycles. The quantitative estimate of drug-likeness (QED) is 0.830. The van der Waals surface area contributed by atoms with Gasteiger partial charge >= 0.3 is 0 Å². The lowest BCUT2D eigenvalue weighted by Gasteiger charge is -2.23. The molecule has 0 aliphatic carbocycles. The molecule has 3 heteroatoms. The van der Waals surface area contributed by atoms with E-state index in [1.165, 1.54) is 10.4 Å². The van der Waals surface area contributed by atoms with E-state index < -0.39 is 6.10 Å². The van der Waals surface area contributed by atoms with Gasteiger partial charge in [0, 0.05) is 15.7 Å². The molecule has 0 aromatic carbocycles. The monoisotopic (exact) mass is 227 g/mol. The molecular weight excluding hydrogens is 206 g/mol. The number of nitrogens with two attached hydrogens (primary N) is 1. The zero-order valence-electron chi connectivity index (χ0n) is 9.95. The summed E-state index contributed by atoms with van der Waals surface area (Å²) in [6, 6.07) is 2.08. The van der Waals surface area contributed by atoms with E-state index in [1.54, 1.807) is 11.3 Å². The van der Waals surface area contributed by atoms with Gasteiger partial charge in [-0.25, -0.2) is 0 Å². The summed E-state index contributed by atoms with van der Waals surface area (Å²) in [4.78, 5) is 2.33. The van der Waals surface area contributed by atoms with Gasteiger partial charge in [0.1, 0.15) is 0 Å². The second-order valence-corrected chi connectivity index (χ2v) is 5.76. The zero-order chi connectivity index (χ0) is 11.6. The fraction of sp³-hybridized carbons (Fsp3) is 0.667. The van der Waals surface area contributed by atoms with Gasteiger partial charge < -0.3 is 10.8 Å². The second kappa shape index (κ2) is 5.10. The van der Waals surface area contributed by atoms with E-state index in [1.807, 2.05) is 0 Å². The summed E-state index contributed by atoms with van der Waals surface area (Å²) in [5, 5.41) is 10.2. The summed E-state index contributed by atoms with van der Waals surface area (Å²) in [6.45, 7) is 8.91. The van der Waals surface area contributed by atoms with Crippen molar-refractivity contribution in [3.8, 4) is 0 Å². The first-order chi connectivity index (χ1) is 6.97. The molecule has 2 atom stereocenters. The molecule has 1 aromatic rings. The number of aryl methyl sites for hydroxylation is 2. The maximum atomic E-state index is 10.2. The molecule has 0 radical (unpaired) electrons. The first-order valence-electron chi connectivity index (χ1n) is 5.42. The predicted molar refractivity (Wildman–Crippen MR) is 66.1 cm³/mol. The van der Waals surface area contributed by atoms with Gasteiger partial charge in [-0.05, 0) is 37.9 Å². The number of hydrogen-bond acceptors (Lipinski definition) is 3. The minimum absolute atomic E-state index is 0.155. The topological polar surface area (TPSA) is 46.2 Å². The molecule has 2 unspecified atom stereocenters. The van der Waals surface area contributed by atoms with Gasteiger partial charge in [0.25, 0.3) is 0 Å². The summed E-state index contributed by atoms with van der Waals surface area (Å²) in [6.07, 6.45) is -0.410. The van der Waals surface area contributed by atoms with Crippen molar-refractivity contribution in [3.05, 3.63) is 21.4 Å². The first kappa shape index (κ1) is 12.7. The van der Waals surface area contributed by atoms with Gasteiger partial charge in [-0.15, -0.1) is 11.3 Å². The maximum Gasteiger partial charge on any atom is 0.0924 e. The van der Waals surface area contributed by atoms with Gasteiger partial charge in [-0.2, -0.15) is 0 Å². The Morgan fingerprint density at radius 1 is 1.40 bits per heavy atom. The van der Waals surface area contributed by atoms with Crippen molar-refractivity contribution in [1.82, 2.24) is 0 Å². The summed E-state index contributed by atoms with van der Waals surface area (Å²) >= 11 is 1.68. The predicted octanol–water partition coefficient (Wildman–Crippen LogP) is 2.63. The molecule has 0 spiro atoms. The maximum absolute atomic E-state index is 10.2. The van der Waals surface area contributed by atoms with E-state index in [0.717, 1.165) is 4.88 Å². The molecule has 0 fully saturated rings. The molecule has 3 N–H and O–H groups in total. The van der Waals surface area contributed by atoms with Crippen molar-refractivity contribution in [2.75, 3.05) is 6.54 Å². The van der Waals surface area contributed by atoms with E-state index in [-0.39, 0.29) is 5.92 Å². The fourth-order valence-corrected chi connectivity index (χ4v) is 2.83. The van der Waals surface area contributed by atoms with Gasteiger partial charge in [0.05, 0.1) is 6.10 Å². The van der Waals surface area contributed by atoms with Crippen molar-refractivity contribution in [2.45, 2.75) is 33.8 Å². The molecule has 0 aliphatic rings. The smallest absolute Gasteiger partial charge is 0.0924 e. The van der Waals surface area contributed by atoms with Crippen molar-refractivity contribution in [3.63, 3.8) is 0 Å². The largest absolute Gasteiger partial charge is 0.387 e. The normalized spacial score (nSPS) is 15.7. The fourth-order valence-electron chi connectivity index (χ4n) is 1.72. The highest BCUT2D eigenvalue weighted by Crippen LogP contribution is 2.33. The van der Waals surface area contributed by atoms with Crippen LogP contribution in [0, 0.1) is 25.7 Å². The van der Waals surface area contributed by atoms with E-state index >= 15 is 0 Å². The molecule has 1 aromatic heterocycles. The summed E-state index contributed by atoms with van der Waals surface area (Å²) in [7, 11) is 0. The number of aliphatic hydroxyl groups excluding tert-OH is 1. The van der Waals surface area contributed by atoms with Crippen LogP contribution in [0.1, 0.15) is 35.3 Å². The average molecular weight is 227 g/mol. The van der Waals surface area contributed by atoms with Crippen LogP contribution in [0.25, 0.3) is 0 Å². The number of rotatable bonds is 4. The van der Waals surface area contributed by atoms with Crippen molar-refractivity contribution < 1.29 is 5.11 Å². The molecule has 0 aliphatic heterocycles. The minimum atomic E-state index is -0.410. The van der Waals surface area contributed by atoms with E-state index in [4.69, 9.17) is 5.73 Å². The van der Waals surface area contributed by atoms with Crippen molar-refractivity contribution in [1.29, 1.82) is 0 Å². The third-order valence-corrected chi connectivity index (χ3v) is 4.23. The van der Waals surface area contributed by atoms with Crippen molar-refractivity contribution >= 4 is 11.3 Å². The van der Waals surface area contributed by atoms with E-state index in [0.29, 0.717) is 12.5 Å². The van der Waals surface area contributed by atoms with Gasteiger partial charge in [0.15, 0.2) is 0 Å². The third-order valence-electron chi connectivity index (χ3n) is 3.01. The highest BCUT2D eigenvalue weighted by Gasteiger charge is 2.24. The third kappa shape index (κ3) is 2.80. The van der Waals surface area contributed by atoms with Crippen LogP contribution in [0.3, 0.4) is 0 Å². The van der Waals surface area contributed by atoms with Crippen LogP contribution < -0.4 is 5.73 Å². The first-order valence-corrected chi connectivity index (χ1v) is 6.24. The van der Waals surface area contributed by atoms with Crippen LogP contribution >= 0.6 is 11.3 Å². The Morgan fingerprint density at radius 3 is 2.33 bits per heavy atom. The lowest BCUT2D eigenvalue weighted by Crippen LogP contribution is -2.26. The van der Waals surface area contributed by atoms with E-state index in [9.17, 15) is 5.11 Å². The number of aliphatic hydroxyl groups is 1. The molecule has 1 heterocycles. The summed E-state index contributed by atoms with van der Waals surface area (Å²) in [5.74, 6) is 0.565. The van der Waals surface area contributed by atoms with E-state index in [2.05, 4.69) is 33.8 Å². The Balaban J connectivity index is 2.87. The lowest BCUT2D eigenvalue weighted by atomic mass is 9.89. The molecule has 1 rings (SSSR count). The van der Waals surface area contributed by atoms with Crippen LogP contribution in [-0.4, -0.2) is 11.7 Å². The van der Waals surface area contributed by atoms with Crippen LogP contribution in [0.5, 0.6) is 0 Å². The highest BCUT2D eigenvalue weighted by atomic mass is 32.1.